The maximum atomic E-state index is 4.67. The second-order valence-electron chi connectivity index (χ2n) is 12.9. The van der Waals surface area contributed by atoms with Gasteiger partial charge in [0.15, 0.2) is 0 Å². The fourth-order valence-corrected chi connectivity index (χ4v) is 7.05. The van der Waals surface area contributed by atoms with Crippen LogP contribution in [0.5, 0.6) is 0 Å². The second kappa shape index (κ2) is 17.1. The molecule has 0 unspecified atom stereocenters. The first kappa shape index (κ1) is 36.3. The van der Waals surface area contributed by atoms with E-state index in [4.69, 9.17) is 0 Å². The van der Waals surface area contributed by atoms with Gasteiger partial charge < -0.3 is 4.90 Å². The van der Waals surface area contributed by atoms with Gasteiger partial charge in [-0.1, -0.05) is 115 Å². The Balaban J connectivity index is 0.00000229. The lowest BCUT2D eigenvalue weighted by molar-refractivity contribution is 1.05. The van der Waals surface area contributed by atoms with Crippen LogP contribution in [0.4, 0.5) is 28.8 Å². The summed E-state index contributed by atoms with van der Waals surface area (Å²) in [6, 6.07) is 51.3. The van der Waals surface area contributed by atoms with E-state index in [0.29, 0.717) is 6.54 Å². The normalized spacial score (nSPS) is 11.2. The predicted octanol–water partition coefficient (Wildman–Crippen LogP) is 13.4. The average molecular weight is 714 g/mol. The zero-order valence-electron chi connectivity index (χ0n) is 31.3. The van der Waals surface area contributed by atoms with Gasteiger partial charge in [-0.15, -0.1) is 13.2 Å². The maximum absolute atomic E-state index is 4.67. The SMILES string of the molecule is C/C=C\C=C/CN(c1ccc(-c2c3ccccc3c(-c3ccc(N(c4ccccn4)c4ccccn4)cc3)c3cc(C)ccc23)cc1)c1ccccn1.C=C. The monoisotopic (exact) mass is 713 g/mol. The van der Waals surface area contributed by atoms with Gasteiger partial charge in [-0.05, 0) is 118 Å². The number of rotatable bonds is 10. The molecule has 0 N–H and O–H groups in total. The molecule has 8 rings (SSSR count). The van der Waals surface area contributed by atoms with Gasteiger partial charge in [0, 0.05) is 36.5 Å². The van der Waals surface area contributed by atoms with Crippen molar-refractivity contribution in [2.75, 3.05) is 16.3 Å². The zero-order chi connectivity index (χ0) is 38.0. The first-order valence-electron chi connectivity index (χ1n) is 18.4. The molecule has 0 aliphatic carbocycles. The molecule has 0 fully saturated rings. The maximum Gasteiger partial charge on any atom is 0.138 e. The van der Waals surface area contributed by atoms with Crippen LogP contribution >= 0.6 is 0 Å². The zero-order valence-corrected chi connectivity index (χ0v) is 31.3. The summed E-state index contributed by atoms with van der Waals surface area (Å²) in [6.45, 7) is 10.9. The van der Waals surface area contributed by atoms with E-state index in [9.17, 15) is 0 Å². The van der Waals surface area contributed by atoms with Crippen molar-refractivity contribution < 1.29 is 0 Å². The highest BCUT2D eigenvalue weighted by atomic mass is 15.2. The van der Waals surface area contributed by atoms with Crippen LogP contribution in [-0.4, -0.2) is 21.5 Å². The van der Waals surface area contributed by atoms with Crippen molar-refractivity contribution in [2.24, 2.45) is 0 Å². The summed E-state index contributed by atoms with van der Waals surface area (Å²) in [5, 5.41) is 4.88. The summed E-state index contributed by atoms with van der Waals surface area (Å²) in [4.78, 5) is 18.3. The average Bonchev–Trinajstić information content (AvgIpc) is 3.25. The Morgan fingerprint density at radius 3 is 1.53 bits per heavy atom. The lowest BCUT2D eigenvalue weighted by atomic mass is 9.85. The highest BCUT2D eigenvalue weighted by Gasteiger charge is 2.19. The number of aromatic nitrogens is 3. The van der Waals surface area contributed by atoms with Crippen LogP contribution < -0.4 is 9.80 Å². The van der Waals surface area contributed by atoms with Gasteiger partial charge in [0.2, 0.25) is 0 Å². The third-order valence-electron chi connectivity index (χ3n) is 9.47. The van der Waals surface area contributed by atoms with Crippen LogP contribution in [0.2, 0.25) is 0 Å². The summed E-state index contributed by atoms with van der Waals surface area (Å²) in [5.41, 5.74) is 8.09. The summed E-state index contributed by atoms with van der Waals surface area (Å²) < 4.78 is 0. The Kier molecular flexibility index (Phi) is 11.3. The Bertz CT molecular complexity index is 2510. The Hall–Kier alpha value is -7.11. The van der Waals surface area contributed by atoms with Gasteiger partial charge in [0.25, 0.3) is 0 Å². The van der Waals surface area contributed by atoms with Crippen LogP contribution in [0.25, 0.3) is 43.8 Å². The lowest BCUT2D eigenvalue weighted by Crippen LogP contribution is -2.17. The van der Waals surface area contributed by atoms with Crippen molar-refractivity contribution in [2.45, 2.75) is 13.8 Å². The molecule has 0 amide bonds. The van der Waals surface area contributed by atoms with E-state index in [-0.39, 0.29) is 0 Å². The quantitative estimate of drug-likeness (QED) is 0.0802. The molecule has 0 saturated heterocycles. The summed E-state index contributed by atoms with van der Waals surface area (Å²) in [5.74, 6) is 2.54. The summed E-state index contributed by atoms with van der Waals surface area (Å²) >= 11 is 0. The van der Waals surface area contributed by atoms with Crippen LogP contribution in [0.15, 0.2) is 202 Å². The van der Waals surface area contributed by atoms with Crippen molar-refractivity contribution in [3.63, 3.8) is 0 Å². The second-order valence-corrected chi connectivity index (χ2v) is 12.9. The summed E-state index contributed by atoms with van der Waals surface area (Å²) in [6.07, 6.45) is 13.8. The fraction of sp³-hybridized carbons (Fsp3) is 0.0600. The van der Waals surface area contributed by atoms with Crippen molar-refractivity contribution in [1.82, 2.24) is 15.0 Å². The van der Waals surface area contributed by atoms with Gasteiger partial charge in [0.05, 0.1) is 0 Å². The van der Waals surface area contributed by atoms with E-state index in [0.717, 1.165) is 34.4 Å². The summed E-state index contributed by atoms with van der Waals surface area (Å²) in [7, 11) is 0. The highest BCUT2D eigenvalue weighted by Crippen LogP contribution is 2.45. The van der Waals surface area contributed by atoms with Crippen LogP contribution in [0.3, 0.4) is 0 Å². The van der Waals surface area contributed by atoms with Crippen molar-refractivity contribution in [3.8, 4) is 22.3 Å². The fourth-order valence-electron chi connectivity index (χ4n) is 7.05. The molecule has 8 aromatic rings. The number of hydrogen-bond acceptors (Lipinski definition) is 5. The molecular formula is C50H43N5. The first-order chi connectivity index (χ1) is 27.2. The van der Waals surface area contributed by atoms with E-state index in [1.54, 1.807) is 0 Å². The van der Waals surface area contributed by atoms with Crippen molar-refractivity contribution in [1.29, 1.82) is 0 Å². The molecule has 55 heavy (non-hydrogen) atoms. The topological polar surface area (TPSA) is 45.2 Å². The minimum Gasteiger partial charge on any atom is -0.323 e. The van der Waals surface area contributed by atoms with Crippen LogP contribution in [0.1, 0.15) is 12.5 Å². The van der Waals surface area contributed by atoms with Gasteiger partial charge in [-0.3, -0.25) is 4.90 Å². The molecule has 0 spiro atoms. The molecule has 0 aliphatic heterocycles. The molecule has 5 heteroatoms. The third kappa shape index (κ3) is 7.68. The number of pyridine rings is 3. The number of anilines is 5. The van der Waals surface area contributed by atoms with Crippen molar-refractivity contribution in [3.05, 3.63) is 207 Å². The highest BCUT2D eigenvalue weighted by molar-refractivity contribution is 6.21. The number of benzene rings is 5. The molecule has 3 heterocycles. The van der Waals surface area contributed by atoms with E-state index in [2.05, 4.69) is 160 Å². The number of allylic oxidation sites excluding steroid dienone is 3. The molecular weight excluding hydrogens is 671 g/mol. The Morgan fingerprint density at radius 1 is 0.509 bits per heavy atom. The largest absolute Gasteiger partial charge is 0.323 e. The molecule has 0 radical (unpaired) electrons. The minimum absolute atomic E-state index is 0.709. The van der Waals surface area contributed by atoms with Gasteiger partial charge in [-0.2, -0.15) is 0 Å². The number of hydrogen-bond donors (Lipinski definition) is 0. The minimum atomic E-state index is 0.709. The number of aryl methyl sites for hydroxylation is 1. The van der Waals surface area contributed by atoms with E-state index in [1.165, 1.54) is 43.8 Å². The Morgan fingerprint density at radius 2 is 1.00 bits per heavy atom. The molecule has 0 bridgehead atoms. The molecule has 5 nitrogen and oxygen atoms in total. The van der Waals surface area contributed by atoms with Crippen molar-refractivity contribution >= 4 is 50.4 Å². The van der Waals surface area contributed by atoms with Gasteiger partial charge in [0.1, 0.15) is 17.5 Å². The molecule has 0 saturated carbocycles. The molecule has 0 aliphatic rings. The van der Waals surface area contributed by atoms with Gasteiger partial charge >= 0.3 is 0 Å². The molecule has 3 aromatic heterocycles. The lowest BCUT2D eigenvalue weighted by Gasteiger charge is -2.24. The smallest absolute Gasteiger partial charge is 0.138 e. The first-order valence-corrected chi connectivity index (χ1v) is 18.4. The number of nitrogens with zero attached hydrogens (tertiary/aromatic N) is 5. The molecule has 268 valence electrons. The van der Waals surface area contributed by atoms with E-state index < -0.39 is 0 Å². The predicted molar refractivity (Wildman–Crippen MR) is 234 cm³/mol. The van der Waals surface area contributed by atoms with Crippen LogP contribution in [-0.2, 0) is 0 Å². The molecule has 5 aromatic carbocycles. The van der Waals surface area contributed by atoms with Crippen LogP contribution in [0, 0.1) is 6.92 Å². The Labute approximate surface area is 323 Å². The number of fused-ring (bicyclic) bond motifs is 2. The van der Waals surface area contributed by atoms with E-state index >= 15 is 0 Å². The third-order valence-corrected chi connectivity index (χ3v) is 9.47. The van der Waals surface area contributed by atoms with E-state index in [1.807, 2.05) is 80.1 Å². The van der Waals surface area contributed by atoms with Gasteiger partial charge in [-0.25, -0.2) is 15.0 Å². The molecule has 0 atom stereocenters. The standard InChI is InChI=1S/C48H39N5.C2H4/c1-3-4-5-14-33-52(44-17-8-11-30-49-44)38-25-21-36(22-26-38)47-40-15-6-7-16-41(40)48(43-34-35(2)20-29-42(43)47)37-23-27-39(28-24-37)53(45-18-9-12-31-50-45)46-19-10-13-32-51-46;1-2/h3-32,34H,33H2,1-2H3;1-2H2/b4-3-,14-5-;.